The highest BCUT2D eigenvalue weighted by molar-refractivity contribution is 7.98. The van der Waals surface area contributed by atoms with Gasteiger partial charge in [-0.1, -0.05) is 18.2 Å². The first kappa shape index (κ1) is 15.1. The van der Waals surface area contributed by atoms with Gasteiger partial charge < -0.3 is 9.84 Å². The van der Waals surface area contributed by atoms with Crippen LogP contribution in [0, 0.1) is 0 Å². The van der Waals surface area contributed by atoms with Crippen LogP contribution in [0.15, 0.2) is 41.3 Å². The topological polar surface area (TPSA) is 75.5 Å². The summed E-state index contributed by atoms with van der Waals surface area (Å²) in [7, 11) is 2.88. The molecule has 0 fully saturated rings. The number of aromatic nitrogens is 2. The van der Waals surface area contributed by atoms with Crippen molar-refractivity contribution in [2.24, 2.45) is 0 Å². The molecule has 1 aromatic heterocycles. The number of methoxy groups -OCH3 is 1. The minimum absolute atomic E-state index is 0.102. The Morgan fingerprint density at radius 2 is 2.05 bits per heavy atom. The van der Waals surface area contributed by atoms with Crippen LogP contribution in [0.2, 0.25) is 0 Å². The van der Waals surface area contributed by atoms with Gasteiger partial charge in [0.25, 0.3) is 0 Å². The molecule has 2 rings (SSSR count). The van der Waals surface area contributed by atoms with Crippen molar-refractivity contribution in [3.05, 3.63) is 42.1 Å². The molecule has 0 saturated heterocycles. The molecule has 0 aliphatic rings. The molecule has 0 radical (unpaired) electrons. The Hall–Kier alpha value is -2.28. The first-order valence-electron chi connectivity index (χ1n) is 6.16. The maximum Gasteiger partial charge on any atom is 0.413 e. The molecule has 0 saturated carbocycles. The summed E-state index contributed by atoms with van der Waals surface area (Å²) in [6, 6.07) is 11.6. The lowest BCUT2D eigenvalue weighted by molar-refractivity contribution is 0.203. The summed E-state index contributed by atoms with van der Waals surface area (Å²) in [5, 5.41) is 9.00. The minimum Gasteiger partial charge on any atom is -0.481 e. The van der Waals surface area contributed by atoms with Gasteiger partial charge in [0.05, 0.1) is 12.8 Å². The van der Waals surface area contributed by atoms with E-state index in [1.165, 1.54) is 14.2 Å². The van der Waals surface area contributed by atoms with Crippen LogP contribution in [-0.4, -0.2) is 35.3 Å². The second-order valence-corrected chi connectivity index (χ2v) is 5.19. The average Bonchev–Trinajstić information content (AvgIpc) is 2.52. The second-order valence-electron chi connectivity index (χ2n) is 4.14. The van der Waals surface area contributed by atoms with Crippen molar-refractivity contribution >= 4 is 23.8 Å². The van der Waals surface area contributed by atoms with Crippen molar-refractivity contribution < 1.29 is 14.6 Å². The van der Waals surface area contributed by atoms with Gasteiger partial charge in [-0.15, -0.1) is 11.8 Å². The van der Waals surface area contributed by atoms with E-state index in [1.807, 2.05) is 30.3 Å². The van der Waals surface area contributed by atoms with Crippen LogP contribution in [0.4, 0.5) is 10.7 Å². The summed E-state index contributed by atoms with van der Waals surface area (Å²) in [5.74, 6) is 1.05. The van der Waals surface area contributed by atoms with E-state index < -0.39 is 6.09 Å². The lowest BCUT2D eigenvalue weighted by Crippen LogP contribution is -2.26. The zero-order valence-corrected chi connectivity index (χ0v) is 12.5. The Kier molecular flexibility index (Phi) is 4.99. The van der Waals surface area contributed by atoms with Gasteiger partial charge >= 0.3 is 6.09 Å². The second kappa shape index (κ2) is 6.94. The lowest BCUT2D eigenvalue weighted by atomic mass is 10.4. The van der Waals surface area contributed by atoms with Crippen LogP contribution >= 0.6 is 11.8 Å². The molecular formula is C14H15N3O3S. The van der Waals surface area contributed by atoms with Gasteiger partial charge in [-0.2, -0.15) is 4.98 Å². The van der Waals surface area contributed by atoms with E-state index in [0.29, 0.717) is 17.3 Å². The van der Waals surface area contributed by atoms with Crippen molar-refractivity contribution in [3.63, 3.8) is 0 Å². The van der Waals surface area contributed by atoms with E-state index in [1.54, 1.807) is 17.8 Å². The van der Waals surface area contributed by atoms with Gasteiger partial charge in [-0.3, -0.25) is 0 Å². The first-order valence-corrected chi connectivity index (χ1v) is 7.15. The fourth-order valence-corrected chi connectivity index (χ4v) is 2.36. The molecule has 1 amide bonds. The molecule has 6 nitrogen and oxygen atoms in total. The Balaban J connectivity index is 2.18. The van der Waals surface area contributed by atoms with Gasteiger partial charge in [0.1, 0.15) is 0 Å². The summed E-state index contributed by atoms with van der Waals surface area (Å²) in [5.41, 5.74) is 0.707. The monoisotopic (exact) mass is 305 g/mol. The van der Waals surface area contributed by atoms with E-state index in [-0.39, 0.29) is 5.95 Å². The Labute approximate surface area is 126 Å². The molecule has 1 heterocycles. The molecule has 0 aliphatic heterocycles. The van der Waals surface area contributed by atoms with Crippen LogP contribution in [0.25, 0.3) is 0 Å². The van der Waals surface area contributed by atoms with Gasteiger partial charge in [-0.05, 0) is 12.1 Å². The maximum atomic E-state index is 11.0. The van der Waals surface area contributed by atoms with Crippen LogP contribution in [0.3, 0.4) is 0 Å². The number of hydrogen-bond donors (Lipinski definition) is 1. The molecule has 0 atom stereocenters. The molecule has 0 spiro atoms. The van der Waals surface area contributed by atoms with Gasteiger partial charge in [0, 0.05) is 23.8 Å². The summed E-state index contributed by atoms with van der Waals surface area (Å²) in [6.45, 7) is 0. The summed E-state index contributed by atoms with van der Waals surface area (Å²) in [6.07, 6.45) is -1.12. The third-order valence-electron chi connectivity index (χ3n) is 2.67. The fraction of sp³-hybridized carbons (Fsp3) is 0.214. The van der Waals surface area contributed by atoms with Crippen LogP contribution < -0.4 is 9.64 Å². The van der Waals surface area contributed by atoms with E-state index >= 15 is 0 Å². The number of benzene rings is 1. The van der Waals surface area contributed by atoms with E-state index in [9.17, 15) is 4.79 Å². The van der Waals surface area contributed by atoms with Crippen LogP contribution in [0.1, 0.15) is 5.69 Å². The molecule has 1 aromatic carbocycles. The molecule has 0 bridgehead atoms. The van der Waals surface area contributed by atoms with Crippen molar-refractivity contribution in [1.82, 2.24) is 9.97 Å². The highest BCUT2D eigenvalue weighted by atomic mass is 32.2. The van der Waals surface area contributed by atoms with Crippen molar-refractivity contribution in [1.29, 1.82) is 0 Å². The molecule has 7 heteroatoms. The van der Waals surface area contributed by atoms with Gasteiger partial charge in [-0.25, -0.2) is 14.7 Å². The lowest BCUT2D eigenvalue weighted by Gasteiger charge is -2.13. The maximum absolute atomic E-state index is 11.0. The number of ether oxygens (including phenoxy) is 1. The minimum atomic E-state index is -1.12. The number of hydrogen-bond acceptors (Lipinski definition) is 5. The standard InChI is InChI=1S/C14H15N3O3S/c1-17(14(18)19)13-15-10(8-12(16-13)20-2)9-21-11-6-4-3-5-7-11/h3-8H,9H2,1-2H3,(H,18,19). The fourth-order valence-electron chi connectivity index (χ4n) is 1.55. The zero-order chi connectivity index (χ0) is 15.2. The van der Waals surface area contributed by atoms with Gasteiger partial charge in [0.2, 0.25) is 11.8 Å². The third-order valence-corrected chi connectivity index (χ3v) is 3.72. The highest BCUT2D eigenvalue weighted by Crippen LogP contribution is 2.24. The predicted octanol–water partition coefficient (Wildman–Crippen LogP) is 2.89. The largest absolute Gasteiger partial charge is 0.481 e. The number of carbonyl (C=O) groups is 1. The Morgan fingerprint density at radius 1 is 1.33 bits per heavy atom. The first-order chi connectivity index (χ1) is 10.1. The SMILES string of the molecule is COc1cc(CSc2ccccc2)nc(N(C)C(=O)O)n1. The van der Waals surface area contributed by atoms with E-state index in [0.717, 1.165) is 9.80 Å². The molecule has 2 aromatic rings. The number of anilines is 1. The van der Waals surface area contributed by atoms with Crippen molar-refractivity contribution in [2.75, 3.05) is 19.1 Å². The number of carboxylic acid groups (broad SMARTS) is 1. The highest BCUT2D eigenvalue weighted by Gasteiger charge is 2.14. The predicted molar refractivity (Wildman–Crippen MR) is 81.0 cm³/mol. The van der Waals surface area contributed by atoms with E-state index in [4.69, 9.17) is 9.84 Å². The Bertz CT molecular complexity index is 622. The molecular weight excluding hydrogens is 290 g/mol. The number of rotatable bonds is 5. The Morgan fingerprint density at radius 3 is 2.67 bits per heavy atom. The summed E-state index contributed by atoms with van der Waals surface area (Å²) >= 11 is 1.61. The summed E-state index contributed by atoms with van der Waals surface area (Å²) in [4.78, 5) is 21.3. The zero-order valence-electron chi connectivity index (χ0n) is 11.7. The summed E-state index contributed by atoms with van der Waals surface area (Å²) < 4.78 is 5.10. The third kappa shape index (κ3) is 4.09. The number of nitrogens with zero attached hydrogens (tertiary/aromatic N) is 3. The normalized spacial score (nSPS) is 10.2. The molecule has 110 valence electrons. The molecule has 1 N–H and O–H groups in total. The molecule has 21 heavy (non-hydrogen) atoms. The van der Waals surface area contributed by atoms with Crippen LogP contribution in [-0.2, 0) is 5.75 Å². The molecule has 0 aliphatic carbocycles. The molecule has 0 unspecified atom stereocenters. The van der Waals surface area contributed by atoms with Gasteiger partial charge in [0.15, 0.2) is 0 Å². The number of amides is 1. The number of thioether (sulfide) groups is 1. The smallest absolute Gasteiger partial charge is 0.413 e. The van der Waals surface area contributed by atoms with Crippen LogP contribution in [0.5, 0.6) is 5.88 Å². The quantitative estimate of drug-likeness (QED) is 0.856. The average molecular weight is 305 g/mol. The van der Waals surface area contributed by atoms with E-state index in [2.05, 4.69) is 9.97 Å². The van der Waals surface area contributed by atoms with Crippen molar-refractivity contribution in [3.8, 4) is 5.88 Å². The van der Waals surface area contributed by atoms with Crippen molar-refractivity contribution in [2.45, 2.75) is 10.6 Å².